The number of fused-ring (bicyclic) bond motifs is 2. The summed E-state index contributed by atoms with van der Waals surface area (Å²) in [7, 11) is 0. The molecule has 1 saturated heterocycles. The van der Waals surface area contributed by atoms with Crippen LogP contribution in [0.15, 0.2) is 24.3 Å². The molecule has 0 radical (unpaired) electrons. The van der Waals surface area contributed by atoms with E-state index in [1.54, 1.807) is 0 Å². The van der Waals surface area contributed by atoms with Crippen LogP contribution in [0.5, 0.6) is 5.75 Å². The Morgan fingerprint density at radius 3 is 2.38 bits per heavy atom. The number of carbonyl (C=O) groups is 2. The van der Waals surface area contributed by atoms with Crippen molar-refractivity contribution in [2.75, 3.05) is 13.1 Å². The van der Waals surface area contributed by atoms with Crippen LogP contribution in [0.1, 0.15) is 88.9 Å². The SMILES string of the molecule is CC1CC2CC(C1)CC(C)(C(C)NC(=O)c1cccc(OC3CCN(C(=O)C4CC4)CC3)c1)C2. The van der Waals surface area contributed by atoms with Crippen LogP contribution in [0.25, 0.3) is 0 Å². The molecule has 186 valence electrons. The summed E-state index contributed by atoms with van der Waals surface area (Å²) in [4.78, 5) is 27.4. The lowest BCUT2D eigenvalue weighted by Gasteiger charge is -2.50. The number of hydrogen-bond acceptors (Lipinski definition) is 3. The van der Waals surface area contributed by atoms with Crippen molar-refractivity contribution in [3.05, 3.63) is 29.8 Å². The Morgan fingerprint density at radius 1 is 1.06 bits per heavy atom. The highest BCUT2D eigenvalue weighted by atomic mass is 16.5. The van der Waals surface area contributed by atoms with Gasteiger partial charge in [0.05, 0.1) is 0 Å². The molecule has 4 aliphatic rings. The monoisotopic (exact) mass is 466 g/mol. The van der Waals surface area contributed by atoms with Crippen LogP contribution in [-0.2, 0) is 4.79 Å². The van der Waals surface area contributed by atoms with Crippen molar-refractivity contribution in [2.24, 2.45) is 29.1 Å². The second kappa shape index (κ2) is 9.54. The number of nitrogens with zero attached hydrogens (tertiary/aromatic N) is 1. The summed E-state index contributed by atoms with van der Waals surface area (Å²) in [6, 6.07) is 7.76. The van der Waals surface area contributed by atoms with Crippen molar-refractivity contribution in [3.8, 4) is 5.75 Å². The fraction of sp³-hybridized carbons (Fsp3) is 0.724. The van der Waals surface area contributed by atoms with E-state index in [9.17, 15) is 9.59 Å². The normalized spacial score (nSPS) is 32.7. The zero-order valence-electron chi connectivity index (χ0n) is 21.2. The summed E-state index contributed by atoms with van der Waals surface area (Å²) in [6.45, 7) is 8.53. The molecule has 1 aromatic rings. The van der Waals surface area contributed by atoms with Gasteiger partial charge in [0.25, 0.3) is 5.91 Å². The van der Waals surface area contributed by atoms with Gasteiger partial charge in [0.2, 0.25) is 5.91 Å². The van der Waals surface area contributed by atoms with Crippen LogP contribution in [0, 0.1) is 29.1 Å². The van der Waals surface area contributed by atoms with Crippen LogP contribution >= 0.6 is 0 Å². The van der Waals surface area contributed by atoms with Crippen molar-refractivity contribution >= 4 is 11.8 Å². The minimum atomic E-state index is -0.00637. The molecule has 1 aliphatic heterocycles. The zero-order valence-corrected chi connectivity index (χ0v) is 21.2. The molecule has 3 aliphatic carbocycles. The fourth-order valence-electron chi connectivity index (χ4n) is 7.13. The lowest BCUT2D eigenvalue weighted by molar-refractivity contribution is -0.134. The Labute approximate surface area is 205 Å². The van der Waals surface area contributed by atoms with Gasteiger partial charge < -0.3 is 15.0 Å². The van der Waals surface area contributed by atoms with Crippen molar-refractivity contribution < 1.29 is 14.3 Å². The number of ether oxygens (including phenoxy) is 1. The third kappa shape index (κ3) is 5.28. The Kier molecular flexibility index (Phi) is 6.65. The first-order chi connectivity index (χ1) is 16.3. The summed E-state index contributed by atoms with van der Waals surface area (Å²) in [5.41, 5.74) is 0.836. The highest BCUT2D eigenvalue weighted by molar-refractivity contribution is 5.94. The van der Waals surface area contributed by atoms with Gasteiger partial charge in [0.15, 0.2) is 0 Å². The van der Waals surface area contributed by atoms with E-state index in [1.807, 2.05) is 29.2 Å². The number of amides is 2. The summed E-state index contributed by atoms with van der Waals surface area (Å²) < 4.78 is 6.23. The molecular formula is C29H42N2O3. The van der Waals surface area contributed by atoms with Gasteiger partial charge in [0, 0.05) is 43.5 Å². The molecule has 5 nitrogen and oxygen atoms in total. The number of carbonyl (C=O) groups excluding carboxylic acids is 2. The van der Waals surface area contributed by atoms with Gasteiger partial charge >= 0.3 is 0 Å². The Morgan fingerprint density at radius 2 is 1.74 bits per heavy atom. The third-order valence-electron chi connectivity index (χ3n) is 9.12. The molecule has 1 heterocycles. The average Bonchev–Trinajstić information content (AvgIpc) is 3.64. The summed E-state index contributed by atoms with van der Waals surface area (Å²) in [5, 5.41) is 3.33. The number of piperidine rings is 1. The van der Waals surface area contributed by atoms with Crippen molar-refractivity contribution in [1.29, 1.82) is 0 Å². The van der Waals surface area contributed by atoms with Gasteiger partial charge in [-0.3, -0.25) is 9.59 Å². The Hall–Kier alpha value is -2.04. The largest absolute Gasteiger partial charge is 0.490 e. The van der Waals surface area contributed by atoms with Crippen LogP contribution in [0.2, 0.25) is 0 Å². The first kappa shape index (κ1) is 23.7. The average molecular weight is 467 g/mol. The van der Waals surface area contributed by atoms with E-state index in [4.69, 9.17) is 4.74 Å². The molecule has 5 heteroatoms. The van der Waals surface area contributed by atoms with Gasteiger partial charge in [-0.1, -0.05) is 19.9 Å². The molecular weight excluding hydrogens is 424 g/mol. The maximum Gasteiger partial charge on any atom is 0.251 e. The second-order valence-corrected chi connectivity index (χ2v) is 12.2. The van der Waals surface area contributed by atoms with Gasteiger partial charge in [-0.15, -0.1) is 0 Å². The molecule has 34 heavy (non-hydrogen) atoms. The lowest BCUT2D eigenvalue weighted by Crippen LogP contribution is -2.49. The van der Waals surface area contributed by atoms with Gasteiger partial charge in [-0.2, -0.15) is 0 Å². The van der Waals surface area contributed by atoms with Crippen LogP contribution < -0.4 is 10.1 Å². The summed E-state index contributed by atoms with van der Waals surface area (Å²) in [5.74, 6) is 3.84. The van der Waals surface area contributed by atoms with Gasteiger partial charge in [-0.25, -0.2) is 0 Å². The molecule has 3 saturated carbocycles. The number of likely N-dealkylation sites (tertiary alicyclic amines) is 1. The summed E-state index contributed by atoms with van der Waals surface area (Å²) >= 11 is 0. The maximum absolute atomic E-state index is 13.2. The molecule has 2 bridgehead atoms. The van der Waals surface area contributed by atoms with E-state index in [-0.39, 0.29) is 29.4 Å². The highest BCUT2D eigenvalue weighted by Crippen LogP contribution is 2.51. The molecule has 0 aromatic heterocycles. The topological polar surface area (TPSA) is 58.6 Å². The molecule has 1 aromatic carbocycles. The third-order valence-corrected chi connectivity index (χ3v) is 9.12. The second-order valence-electron chi connectivity index (χ2n) is 12.2. The molecule has 1 N–H and O–H groups in total. The minimum Gasteiger partial charge on any atom is -0.490 e. The van der Waals surface area contributed by atoms with E-state index in [1.165, 1.54) is 32.1 Å². The molecule has 3 unspecified atom stereocenters. The fourth-order valence-corrected chi connectivity index (χ4v) is 7.13. The van der Waals surface area contributed by atoms with E-state index in [0.29, 0.717) is 11.5 Å². The molecule has 3 atom stereocenters. The number of nitrogens with one attached hydrogen (secondary N) is 1. The zero-order chi connectivity index (χ0) is 23.9. The van der Waals surface area contributed by atoms with E-state index < -0.39 is 0 Å². The van der Waals surface area contributed by atoms with Crippen LogP contribution in [0.3, 0.4) is 0 Å². The van der Waals surface area contributed by atoms with E-state index >= 15 is 0 Å². The van der Waals surface area contributed by atoms with Crippen LogP contribution in [-0.4, -0.2) is 41.9 Å². The molecule has 5 rings (SSSR count). The highest BCUT2D eigenvalue weighted by Gasteiger charge is 2.44. The molecule has 2 amide bonds. The smallest absolute Gasteiger partial charge is 0.251 e. The first-order valence-corrected chi connectivity index (χ1v) is 13.7. The van der Waals surface area contributed by atoms with E-state index in [0.717, 1.165) is 62.3 Å². The summed E-state index contributed by atoms with van der Waals surface area (Å²) in [6.07, 6.45) is 10.4. The van der Waals surface area contributed by atoms with Crippen molar-refractivity contribution in [1.82, 2.24) is 10.2 Å². The van der Waals surface area contributed by atoms with Crippen molar-refractivity contribution in [3.63, 3.8) is 0 Å². The Balaban J connectivity index is 1.15. The van der Waals surface area contributed by atoms with Gasteiger partial charge in [-0.05, 0) is 93.2 Å². The standard InChI is InChI=1S/C29H42N2O3/c1-19-13-21-15-22(14-19)18-29(3,17-21)20(2)30-27(32)24-5-4-6-26(16-24)34-25-9-11-31(12-10-25)28(33)23-7-8-23/h4-6,16,19-23,25H,7-15,17-18H2,1-3H3,(H,30,32). The minimum absolute atomic E-state index is 0.00637. The quantitative estimate of drug-likeness (QED) is 0.608. The predicted octanol–water partition coefficient (Wildman–Crippen LogP) is 5.44. The maximum atomic E-state index is 13.2. The number of rotatable bonds is 6. The number of hydrogen-bond donors (Lipinski definition) is 1. The number of benzene rings is 1. The molecule has 4 fully saturated rings. The predicted molar refractivity (Wildman–Crippen MR) is 134 cm³/mol. The van der Waals surface area contributed by atoms with E-state index in [2.05, 4.69) is 26.1 Å². The van der Waals surface area contributed by atoms with Crippen LogP contribution in [0.4, 0.5) is 0 Å². The molecule has 0 spiro atoms. The van der Waals surface area contributed by atoms with Crippen molar-refractivity contribution in [2.45, 2.75) is 90.7 Å². The lowest BCUT2D eigenvalue weighted by atomic mass is 9.57. The van der Waals surface area contributed by atoms with Gasteiger partial charge in [0.1, 0.15) is 11.9 Å². The first-order valence-electron chi connectivity index (χ1n) is 13.7. The Bertz CT molecular complexity index is 884.